The van der Waals surface area contributed by atoms with Crippen LogP contribution < -0.4 is 10.5 Å². The van der Waals surface area contributed by atoms with Gasteiger partial charge in [-0.15, -0.1) is 0 Å². The SMILES string of the molecule is CCc1c(OC2CC2)ccnc1N. The van der Waals surface area contributed by atoms with Crippen LogP contribution in [0, 0.1) is 0 Å². The molecule has 1 heterocycles. The van der Waals surface area contributed by atoms with Crippen molar-refractivity contribution >= 4 is 5.82 Å². The Bertz CT molecular complexity index is 308. The first-order chi connectivity index (χ1) is 6.31. The maximum Gasteiger partial charge on any atom is 0.130 e. The first-order valence-corrected chi connectivity index (χ1v) is 4.71. The zero-order valence-electron chi connectivity index (χ0n) is 7.79. The third-order valence-corrected chi connectivity index (χ3v) is 2.22. The number of ether oxygens (including phenoxy) is 1. The van der Waals surface area contributed by atoms with E-state index in [1.165, 1.54) is 12.8 Å². The van der Waals surface area contributed by atoms with Crippen molar-refractivity contribution in [1.82, 2.24) is 4.98 Å². The maximum atomic E-state index is 5.74. The smallest absolute Gasteiger partial charge is 0.130 e. The number of anilines is 1. The lowest BCUT2D eigenvalue weighted by atomic mass is 10.2. The zero-order chi connectivity index (χ0) is 9.26. The highest BCUT2D eigenvalue weighted by molar-refractivity contribution is 5.48. The van der Waals surface area contributed by atoms with Gasteiger partial charge in [-0.3, -0.25) is 0 Å². The number of rotatable bonds is 3. The molecule has 1 fully saturated rings. The van der Waals surface area contributed by atoms with Crippen molar-refractivity contribution in [3.05, 3.63) is 17.8 Å². The van der Waals surface area contributed by atoms with Crippen LogP contribution >= 0.6 is 0 Å². The highest BCUT2D eigenvalue weighted by atomic mass is 16.5. The van der Waals surface area contributed by atoms with E-state index in [9.17, 15) is 0 Å². The second kappa shape index (κ2) is 3.24. The summed E-state index contributed by atoms with van der Waals surface area (Å²) in [5.74, 6) is 1.51. The van der Waals surface area contributed by atoms with E-state index in [4.69, 9.17) is 10.5 Å². The summed E-state index contributed by atoms with van der Waals surface area (Å²) in [5, 5.41) is 0. The predicted molar refractivity (Wildman–Crippen MR) is 51.7 cm³/mol. The van der Waals surface area contributed by atoms with E-state index >= 15 is 0 Å². The third-order valence-electron chi connectivity index (χ3n) is 2.22. The standard InChI is InChI=1S/C10H14N2O/c1-2-8-9(13-7-3-4-7)5-6-12-10(8)11/h5-7H,2-4H2,1H3,(H2,11,12). The molecule has 0 spiro atoms. The minimum Gasteiger partial charge on any atom is -0.490 e. The van der Waals surface area contributed by atoms with Gasteiger partial charge in [-0.25, -0.2) is 4.98 Å². The van der Waals surface area contributed by atoms with Crippen LogP contribution in [-0.2, 0) is 6.42 Å². The van der Waals surface area contributed by atoms with Crippen LogP contribution in [0.2, 0.25) is 0 Å². The molecule has 13 heavy (non-hydrogen) atoms. The first kappa shape index (κ1) is 8.35. The average molecular weight is 178 g/mol. The first-order valence-electron chi connectivity index (χ1n) is 4.71. The number of hydrogen-bond acceptors (Lipinski definition) is 3. The fourth-order valence-corrected chi connectivity index (χ4v) is 1.32. The molecule has 3 nitrogen and oxygen atoms in total. The summed E-state index contributed by atoms with van der Waals surface area (Å²) in [6.07, 6.45) is 5.34. The Morgan fingerprint density at radius 3 is 3.00 bits per heavy atom. The molecule has 70 valence electrons. The molecule has 0 saturated heterocycles. The van der Waals surface area contributed by atoms with Gasteiger partial charge in [-0.05, 0) is 25.3 Å². The van der Waals surface area contributed by atoms with Gasteiger partial charge >= 0.3 is 0 Å². The number of aromatic nitrogens is 1. The Hall–Kier alpha value is -1.25. The lowest BCUT2D eigenvalue weighted by molar-refractivity contribution is 0.300. The molecule has 1 aliphatic rings. The number of hydrogen-bond donors (Lipinski definition) is 1. The molecule has 1 aromatic rings. The van der Waals surface area contributed by atoms with Crippen molar-refractivity contribution < 1.29 is 4.74 Å². The van der Waals surface area contributed by atoms with Crippen LogP contribution in [0.3, 0.4) is 0 Å². The van der Waals surface area contributed by atoms with Crippen molar-refractivity contribution in [2.45, 2.75) is 32.3 Å². The summed E-state index contributed by atoms with van der Waals surface area (Å²) in [5.41, 5.74) is 6.77. The van der Waals surface area contributed by atoms with Crippen LogP contribution in [-0.4, -0.2) is 11.1 Å². The number of nitrogen functional groups attached to an aromatic ring is 1. The summed E-state index contributed by atoms with van der Waals surface area (Å²) in [7, 11) is 0. The molecule has 1 aromatic heterocycles. The van der Waals surface area contributed by atoms with Gasteiger partial charge in [0.2, 0.25) is 0 Å². The molecular formula is C10H14N2O. The molecule has 0 unspecified atom stereocenters. The molecule has 0 aliphatic heterocycles. The molecule has 0 radical (unpaired) electrons. The van der Waals surface area contributed by atoms with Gasteiger partial charge in [0.05, 0.1) is 6.10 Å². The normalized spacial score (nSPS) is 15.8. The Labute approximate surface area is 77.9 Å². The maximum absolute atomic E-state index is 5.74. The van der Waals surface area contributed by atoms with E-state index in [2.05, 4.69) is 11.9 Å². The van der Waals surface area contributed by atoms with Crippen molar-refractivity contribution in [3.63, 3.8) is 0 Å². The molecule has 0 bridgehead atoms. The van der Waals surface area contributed by atoms with Crippen LogP contribution in [0.4, 0.5) is 5.82 Å². The molecular weight excluding hydrogens is 164 g/mol. The number of pyridine rings is 1. The van der Waals surface area contributed by atoms with Gasteiger partial charge in [0.1, 0.15) is 11.6 Å². The monoisotopic (exact) mass is 178 g/mol. The van der Waals surface area contributed by atoms with Gasteiger partial charge in [0.25, 0.3) is 0 Å². The fraction of sp³-hybridized carbons (Fsp3) is 0.500. The molecule has 1 aliphatic carbocycles. The largest absolute Gasteiger partial charge is 0.490 e. The van der Waals surface area contributed by atoms with Crippen LogP contribution in [0.15, 0.2) is 12.3 Å². The fourth-order valence-electron chi connectivity index (χ4n) is 1.32. The van der Waals surface area contributed by atoms with Crippen LogP contribution in [0.5, 0.6) is 5.75 Å². The Morgan fingerprint density at radius 1 is 1.62 bits per heavy atom. The molecule has 2 rings (SSSR count). The lowest BCUT2D eigenvalue weighted by Crippen LogP contribution is -2.03. The summed E-state index contributed by atoms with van der Waals surface area (Å²) >= 11 is 0. The molecule has 0 aromatic carbocycles. The van der Waals surface area contributed by atoms with Gasteiger partial charge in [-0.2, -0.15) is 0 Å². The Kier molecular flexibility index (Phi) is 2.08. The molecule has 2 N–H and O–H groups in total. The van der Waals surface area contributed by atoms with Crippen molar-refractivity contribution in [2.24, 2.45) is 0 Å². The summed E-state index contributed by atoms with van der Waals surface area (Å²) < 4.78 is 5.71. The molecule has 0 atom stereocenters. The van der Waals surface area contributed by atoms with Crippen LogP contribution in [0.1, 0.15) is 25.3 Å². The van der Waals surface area contributed by atoms with E-state index in [1.807, 2.05) is 6.07 Å². The number of nitrogens with two attached hydrogens (primary N) is 1. The van der Waals surface area contributed by atoms with E-state index in [0.29, 0.717) is 11.9 Å². The van der Waals surface area contributed by atoms with Gasteiger partial charge < -0.3 is 10.5 Å². The quantitative estimate of drug-likeness (QED) is 0.767. The highest BCUT2D eigenvalue weighted by Crippen LogP contribution is 2.30. The average Bonchev–Trinajstić information content (AvgIpc) is 2.89. The van der Waals surface area contributed by atoms with E-state index in [-0.39, 0.29) is 0 Å². The lowest BCUT2D eigenvalue weighted by Gasteiger charge is -2.10. The molecule has 1 saturated carbocycles. The summed E-state index contributed by atoms with van der Waals surface area (Å²) in [4.78, 5) is 4.04. The predicted octanol–water partition coefficient (Wildman–Crippen LogP) is 1.77. The van der Waals surface area contributed by atoms with Crippen molar-refractivity contribution in [3.8, 4) is 5.75 Å². The van der Waals surface area contributed by atoms with Gasteiger partial charge in [0, 0.05) is 11.8 Å². The number of nitrogens with zero attached hydrogens (tertiary/aromatic N) is 1. The molecule has 3 heteroatoms. The summed E-state index contributed by atoms with van der Waals surface area (Å²) in [6.45, 7) is 2.06. The van der Waals surface area contributed by atoms with E-state index in [1.54, 1.807) is 6.20 Å². The second-order valence-corrected chi connectivity index (χ2v) is 3.34. The minimum absolute atomic E-state index is 0.423. The molecule has 0 amide bonds. The Balaban J connectivity index is 2.25. The van der Waals surface area contributed by atoms with Gasteiger partial charge in [0.15, 0.2) is 0 Å². The van der Waals surface area contributed by atoms with Crippen molar-refractivity contribution in [1.29, 1.82) is 0 Å². The summed E-state index contributed by atoms with van der Waals surface area (Å²) in [6, 6.07) is 1.90. The second-order valence-electron chi connectivity index (χ2n) is 3.34. The van der Waals surface area contributed by atoms with E-state index < -0.39 is 0 Å². The highest BCUT2D eigenvalue weighted by Gasteiger charge is 2.24. The van der Waals surface area contributed by atoms with Gasteiger partial charge in [-0.1, -0.05) is 6.92 Å². The minimum atomic E-state index is 0.423. The van der Waals surface area contributed by atoms with Crippen LogP contribution in [0.25, 0.3) is 0 Å². The zero-order valence-corrected chi connectivity index (χ0v) is 7.79. The van der Waals surface area contributed by atoms with Crippen molar-refractivity contribution in [2.75, 3.05) is 5.73 Å². The van der Waals surface area contributed by atoms with E-state index in [0.717, 1.165) is 17.7 Å². The topological polar surface area (TPSA) is 48.1 Å². The Morgan fingerprint density at radius 2 is 2.38 bits per heavy atom. The third kappa shape index (κ3) is 1.74.